The van der Waals surface area contributed by atoms with E-state index in [0.29, 0.717) is 5.56 Å². The van der Waals surface area contributed by atoms with E-state index in [1.54, 1.807) is 10.9 Å². The van der Waals surface area contributed by atoms with Gasteiger partial charge in [0.15, 0.2) is 0 Å². The first-order valence-electron chi connectivity index (χ1n) is 8.03. The Hall–Kier alpha value is -2.88. The summed E-state index contributed by atoms with van der Waals surface area (Å²) in [5.41, 5.74) is 3.76. The van der Waals surface area contributed by atoms with E-state index in [-0.39, 0.29) is 11.9 Å². The summed E-state index contributed by atoms with van der Waals surface area (Å²) in [7, 11) is 1.84. The highest BCUT2D eigenvalue weighted by molar-refractivity contribution is 5.95. The van der Waals surface area contributed by atoms with Crippen molar-refractivity contribution in [1.82, 2.24) is 15.1 Å². The molecule has 1 heterocycles. The van der Waals surface area contributed by atoms with Crippen LogP contribution in [0.15, 0.2) is 66.9 Å². The average Bonchev–Trinajstić information content (AvgIpc) is 2.95. The molecule has 0 saturated heterocycles. The number of rotatable bonds is 5. The van der Waals surface area contributed by atoms with E-state index < -0.39 is 0 Å². The molecule has 1 unspecified atom stereocenters. The number of nitrogens with zero attached hydrogens (tertiary/aromatic N) is 2. The van der Waals surface area contributed by atoms with E-state index in [0.717, 1.165) is 17.7 Å². The molecule has 1 aromatic heterocycles. The largest absolute Gasteiger partial charge is 0.345 e. The van der Waals surface area contributed by atoms with E-state index in [2.05, 4.69) is 22.5 Å². The summed E-state index contributed by atoms with van der Waals surface area (Å²) in [5, 5.41) is 7.32. The molecular weight excluding hydrogens is 298 g/mol. The maximum absolute atomic E-state index is 12.7. The Morgan fingerprint density at radius 2 is 1.71 bits per heavy atom. The first kappa shape index (κ1) is 16.0. The van der Waals surface area contributed by atoms with Crippen LogP contribution in [0.1, 0.15) is 33.2 Å². The topological polar surface area (TPSA) is 46.9 Å². The van der Waals surface area contributed by atoms with Crippen molar-refractivity contribution in [2.45, 2.75) is 19.4 Å². The third kappa shape index (κ3) is 3.54. The molecule has 0 fully saturated rings. The van der Waals surface area contributed by atoms with Crippen molar-refractivity contribution in [2.75, 3.05) is 0 Å². The summed E-state index contributed by atoms with van der Waals surface area (Å²) in [6, 6.07) is 20.2. The van der Waals surface area contributed by atoms with Crippen LogP contribution in [0.5, 0.6) is 0 Å². The second-order valence-electron chi connectivity index (χ2n) is 5.89. The number of benzene rings is 2. The van der Waals surface area contributed by atoms with Gasteiger partial charge in [0, 0.05) is 12.7 Å². The Morgan fingerprint density at radius 1 is 1.08 bits per heavy atom. The van der Waals surface area contributed by atoms with E-state index in [9.17, 15) is 4.79 Å². The minimum absolute atomic E-state index is 0.0827. The Bertz CT molecular complexity index is 809. The molecule has 3 rings (SSSR count). The van der Waals surface area contributed by atoms with Crippen molar-refractivity contribution >= 4 is 5.91 Å². The SMILES string of the molecule is Cc1c(C(=O)NC(Cc2ccccc2)c2ccccc2)cnn1C. The number of aromatic nitrogens is 2. The molecular formula is C20H21N3O. The van der Waals surface area contributed by atoms with Crippen molar-refractivity contribution in [3.63, 3.8) is 0 Å². The smallest absolute Gasteiger partial charge is 0.255 e. The maximum Gasteiger partial charge on any atom is 0.255 e. The monoisotopic (exact) mass is 319 g/mol. The third-order valence-corrected chi connectivity index (χ3v) is 4.27. The summed E-state index contributed by atoms with van der Waals surface area (Å²) in [4.78, 5) is 12.7. The van der Waals surface area contributed by atoms with Crippen LogP contribution >= 0.6 is 0 Å². The van der Waals surface area contributed by atoms with E-state index in [1.165, 1.54) is 5.56 Å². The maximum atomic E-state index is 12.7. The fourth-order valence-corrected chi connectivity index (χ4v) is 2.74. The number of carbonyl (C=O) groups is 1. The molecule has 3 aromatic rings. The van der Waals surface area contributed by atoms with Crippen molar-refractivity contribution in [3.8, 4) is 0 Å². The number of hydrogen-bond donors (Lipinski definition) is 1. The van der Waals surface area contributed by atoms with Gasteiger partial charge in [0.25, 0.3) is 5.91 Å². The summed E-state index contributed by atoms with van der Waals surface area (Å²) in [5.74, 6) is -0.0922. The lowest BCUT2D eigenvalue weighted by molar-refractivity contribution is 0.0935. The van der Waals surface area contributed by atoms with Crippen molar-refractivity contribution in [1.29, 1.82) is 0 Å². The fourth-order valence-electron chi connectivity index (χ4n) is 2.74. The van der Waals surface area contributed by atoms with Crippen LogP contribution < -0.4 is 5.32 Å². The first-order valence-corrected chi connectivity index (χ1v) is 8.03. The molecule has 0 bridgehead atoms. The molecule has 0 aliphatic heterocycles. The number of hydrogen-bond acceptors (Lipinski definition) is 2. The Morgan fingerprint density at radius 3 is 2.29 bits per heavy atom. The molecule has 24 heavy (non-hydrogen) atoms. The van der Waals surface area contributed by atoms with Crippen molar-refractivity contribution in [3.05, 3.63) is 89.2 Å². The van der Waals surface area contributed by atoms with Gasteiger partial charge in [0.2, 0.25) is 0 Å². The predicted octanol–water partition coefficient (Wildman–Crippen LogP) is 3.44. The highest BCUT2D eigenvalue weighted by Crippen LogP contribution is 2.19. The minimum atomic E-state index is -0.0922. The van der Waals surface area contributed by atoms with Gasteiger partial charge in [-0.15, -0.1) is 0 Å². The fraction of sp³-hybridized carbons (Fsp3) is 0.200. The molecule has 0 aliphatic rings. The van der Waals surface area contributed by atoms with Crippen LogP contribution in [0.3, 0.4) is 0 Å². The van der Waals surface area contributed by atoms with E-state index in [1.807, 2.05) is 62.5 Å². The first-order chi connectivity index (χ1) is 11.6. The zero-order chi connectivity index (χ0) is 16.9. The summed E-state index contributed by atoms with van der Waals surface area (Å²) >= 11 is 0. The van der Waals surface area contributed by atoms with Crippen LogP contribution in [-0.4, -0.2) is 15.7 Å². The second-order valence-corrected chi connectivity index (χ2v) is 5.89. The lowest BCUT2D eigenvalue weighted by atomic mass is 9.98. The van der Waals surface area contributed by atoms with Gasteiger partial charge in [-0.3, -0.25) is 9.48 Å². The average molecular weight is 319 g/mol. The van der Waals surface area contributed by atoms with Gasteiger partial charge in [-0.1, -0.05) is 60.7 Å². The Kier molecular flexibility index (Phi) is 4.75. The lowest BCUT2D eigenvalue weighted by Crippen LogP contribution is -2.30. The molecule has 2 aromatic carbocycles. The van der Waals surface area contributed by atoms with Crippen molar-refractivity contribution < 1.29 is 4.79 Å². The zero-order valence-corrected chi connectivity index (χ0v) is 13.9. The molecule has 0 aliphatic carbocycles. The molecule has 4 heteroatoms. The van der Waals surface area contributed by atoms with Gasteiger partial charge in [-0.05, 0) is 24.5 Å². The summed E-state index contributed by atoms with van der Waals surface area (Å²) in [6.45, 7) is 1.90. The van der Waals surface area contributed by atoms with Gasteiger partial charge in [0.05, 0.1) is 17.8 Å². The van der Waals surface area contributed by atoms with E-state index >= 15 is 0 Å². The van der Waals surface area contributed by atoms with Crippen LogP contribution in [0.2, 0.25) is 0 Å². The van der Waals surface area contributed by atoms with Crippen molar-refractivity contribution in [2.24, 2.45) is 7.05 Å². The van der Waals surface area contributed by atoms with Gasteiger partial charge in [0.1, 0.15) is 0 Å². The zero-order valence-electron chi connectivity index (χ0n) is 13.9. The van der Waals surface area contributed by atoms with Crippen LogP contribution in [0.25, 0.3) is 0 Å². The number of aryl methyl sites for hydroxylation is 1. The van der Waals surface area contributed by atoms with Gasteiger partial charge in [-0.25, -0.2) is 0 Å². The molecule has 1 atom stereocenters. The minimum Gasteiger partial charge on any atom is -0.345 e. The molecule has 0 radical (unpaired) electrons. The van der Waals surface area contributed by atoms with E-state index in [4.69, 9.17) is 0 Å². The summed E-state index contributed by atoms with van der Waals surface area (Å²) in [6.07, 6.45) is 2.37. The Labute approximate surface area is 142 Å². The standard InChI is InChI=1S/C20H21N3O/c1-15-18(14-21-23(15)2)20(24)22-19(17-11-7-4-8-12-17)13-16-9-5-3-6-10-16/h3-12,14,19H,13H2,1-2H3,(H,22,24). The highest BCUT2D eigenvalue weighted by Gasteiger charge is 2.19. The van der Waals surface area contributed by atoms with Gasteiger partial charge < -0.3 is 5.32 Å². The molecule has 122 valence electrons. The summed E-state index contributed by atoms with van der Waals surface area (Å²) < 4.78 is 1.71. The third-order valence-electron chi connectivity index (χ3n) is 4.27. The predicted molar refractivity (Wildman–Crippen MR) is 94.7 cm³/mol. The molecule has 0 spiro atoms. The highest BCUT2D eigenvalue weighted by atomic mass is 16.1. The number of carbonyl (C=O) groups excluding carboxylic acids is 1. The molecule has 4 nitrogen and oxygen atoms in total. The lowest BCUT2D eigenvalue weighted by Gasteiger charge is -2.19. The van der Waals surface area contributed by atoms with Crippen LogP contribution in [0, 0.1) is 6.92 Å². The van der Waals surface area contributed by atoms with Crippen LogP contribution in [-0.2, 0) is 13.5 Å². The Balaban J connectivity index is 1.85. The molecule has 1 N–H and O–H groups in total. The van der Waals surface area contributed by atoms with Crippen LogP contribution in [0.4, 0.5) is 0 Å². The molecule has 1 amide bonds. The van der Waals surface area contributed by atoms with Gasteiger partial charge in [-0.2, -0.15) is 5.10 Å². The second kappa shape index (κ2) is 7.13. The quantitative estimate of drug-likeness (QED) is 0.783. The number of amides is 1. The normalized spacial score (nSPS) is 11.9. The van der Waals surface area contributed by atoms with Gasteiger partial charge >= 0.3 is 0 Å². The molecule has 0 saturated carbocycles. The number of nitrogens with one attached hydrogen (secondary N) is 1.